The number of nitrogens with two attached hydrogens (primary N) is 1. The lowest BCUT2D eigenvalue weighted by Crippen LogP contribution is -2.16. The Kier molecular flexibility index (Phi) is 5.76. The van der Waals surface area contributed by atoms with Crippen LogP contribution in [0.3, 0.4) is 0 Å². The second kappa shape index (κ2) is 6.78. The van der Waals surface area contributed by atoms with Gasteiger partial charge in [-0.1, -0.05) is 0 Å². The summed E-state index contributed by atoms with van der Waals surface area (Å²) in [6, 6.07) is 2.39. The molecule has 18 heavy (non-hydrogen) atoms. The van der Waals surface area contributed by atoms with Crippen LogP contribution >= 0.6 is 0 Å². The van der Waals surface area contributed by atoms with Crippen molar-refractivity contribution in [3.8, 4) is 0 Å². The Bertz CT molecular complexity index is 474. The average Bonchev–Trinajstić information content (AvgIpc) is 2.14. The minimum absolute atomic E-state index is 0.153. The predicted molar refractivity (Wildman–Crippen MR) is 60.2 cm³/mol. The molecular weight excluding hydrogens is 247 g/mol. The Morgan fingerprint density at radius 2 is 1.94 bits per heavy atom. The van der Waals surface area contributed by atoms with Gasteiger partial charge in [-0.05, 0) is 12.1 Å². The first-order chi connectivity index (χ1) is 8.23. The number of rotatable bonds is 2. The highest BCUT2D eigenvalue weighted by atomic mass is 19.1. The molecule has 9 heteroatoms. The summed E-state index contributed by atoms with van der Waals surface area (Å²) < 4.78 is 13.0. The molecule has 0 aromatic carbocycles. The third kappa shape index (κ3) is 6.00. The zero-order valence-corrected chi connectivity index (χ0v) is 9.27. The molecule has 0 radical (unpaired) electrons. The van der Waals surface area contributed by atoms with E-state index in [9.17, 15) is 9.18 Å². The zero-order valence-electron chi connectivity index (χ0n) is 9.27. The van der Waals surface area contributed by atoms with Crippen LogP contribution in [0.2, 0.25) is 0 Å². The number of carboxylic acids is 1. The van der Waals surface area contributed by atoms with Gasteiger partial charge in [-0.15, -0.1) is 0 Å². The summed E-state index contributed by atoms with van der Waals surface area (Å²) in [7, 11) is 0. The van der Waals surface area contributed by atoms with Gasteiger partial charge in [0.25, 0.3) is 5.97 Å². The summed E-state index contributed by atoms with van der Waals surface area (Å²) in [6.07, 6.45) is -1.34. The molecule has 1 aromatic heterocycles. The number of hydrogen-bond donors (Lipinski definition) is 5. The molecule has 0 unspecified atom stereocenters. The minimum atomic E-state index is -1.34. The van der Waals surface area contributed by atoms with E-state index in [1.165, 1.54) is 12.1 Å². The Morgan fingerprint density at radius 3 is 2.28 bits per heavy atom. The van der Waals surface area contributed by atoms with Crippen molar-refractivity contribution in [1.29, 1.82) is 5.41 Å². The standard InChI is InChI=1S/C7H7FN4O2.C2H4O2/c8-5-3(6(9)10)1-2-4(11-5)12-7(13)14;1-2(3)4/h1-2H,(H3,9,10)(H,11,12)(H,13,14);1H3,(H,3,4). The number of halogens is 1. The number of pyridine rings is 1. The highest BCUT2D eigenvalue weighted by molar-refractivity contribution is 5.95. The normalized spacial score (nSPS) is 8.78. The monoisotopic (exact) mass is 258 g/mol. The highest BCUT2D eigenvalue weighted by Gasteiger charge is 2.08. The Labute approximate surface area is 101 Å². The van der Waals surface area contributed by atoms with Crippen LogP contribution in [-0.4, -0.2) is 33.1 Å². The van der Waals surface area contributed by atoms with Gasteiger partial charge in [0.05, 0.1) is 5.56 Å². The molecule has 98 valence electrons. The minimum Gasteiger partial charge on any atom is -0.481 e. The fourth-order valence-electron chi connectivity index (χ4n) is 0.814. The van der Waals surface area contributed by atoms with Gasteiger partial charge < -0.3 is 15.9 Å². The maximum Gasteiger partial charge on any atom is 0.410 e. The summed E-state index contributed by atoms with van der Waals surface area (Å²) in [4.78, 5) is 22.4. The molecule has 0 aliphatic carbocycles. The number of nitrogens with one attached hydrogen (secondary N) is 2. The van der Waals surface area contributed by atoms with Crippen LogP contribution in [0.5, 0.6) is 0 Å². The summed E-state index contributed by atoms with van der Waals surface area (Å²) in [5, 5.41) is 24.5. The van der Waals surface area contributed by atoms with Gasteiger partial charge in [-0.25, -0.2) is 9.78 Å². The first-order valence-corrected chi connectivity index (χ1v) is 4.44. The van der Waals surface area contributed by atoms with E-state index >= 15 is 0 Å². The van der Waals surface area contributed by atoms with Crippen LogP contribution < -0.4 is 11.1 Å². The number of hydrogen-bond acceptors (Lipinski definition) is 4. The molecule has 0 bridgehead atoms. The Morgan fingerprint density at radius 1 is 1.44 bits per heavy atom. The average molecular weight is 258 g/mol. The van der Waals surface area contributed by atoms with Crippen LogP contribution in [0.1, 0.15) is 12.5 Å². The third-order valence-corrected chi connectivity index (χ3v) is 1.37. The molecule has 1 amide bonds. The van der Waals surface area contributed by atoms with Crippen molar-refractivity contribution in [3.05, 3.63) is 23.6 Å². The van der Waals surface area contributed by atoms with E-state index in [0.717, 1.165) is 6.92 Å². The van der Waals surface area contributed by atoms with Crippen LogP contribution in [0, 0.1) is 11.4 Å². The maximum absolute atomic E-state index is 13.0. The van der Waals surface area contributed by atoms with Crippen molar-refractivity contribution in [2.24, 2.45) is 5.73 Å². The third-order valence-electron chi connectivity index (χ3n) is 1.37. The lowest BCUT2D eigenvalue weighted by Gasteiger charge is -2.02. The number of amides is 1. The van der Waals surface area contributed by atoms with Gasteiger partial charge >= 0.3 is 6.09 Å². The van der Waals surface area contributed by atoms with Crippen molar-refractivity contribution in [2.75, 3.05) is 5.32 Å². The molecule has 1 aromatic rings. The molecule has 0 saturated carbocycles. The summed E-state index contributed by atoms with van der Waals surface area (Å²) >= 11 is 0. The summed E-state index contributed by atoms with van der Waals surface area (Å²) in [5.41, 5.74) is 4.87. The van der Waals surface area contributed by atoms with Crippen molar-refractivity contribution < 1.29 is 24.2 Å². The molecule has 1 heterocycles. The van der Waals surface area contributed by atoms with Gasteiger partial charge in [0.15, 0.2) is 0 Å². The molecule has 6 N–H and O–H groups in total. The number of aliphatic carboxylic acids is 1. The molecule has 8 nitrogen and oxygen atoms in total. The highest BCUT2D eigenvalue weighted by Crippen LogP contribution is 2.08. The molecule has 0 spiro atoms. The van der Waals surface area contributed by atoms with E-state index in [-0.39, 0.29) is 11.4 Å². The molecule has 1 rings (SSSR count). The van der Waals surface area contributed by atoms with Crippen LogP contribution in [0.4, 0.5) is 15.0 Å². The molecule has 0 fully saturated rings. The first kappa shape index (κ1) is 15.3. The smallest absolute Gasteiger partial charge is 0.410 e. The number of aromatic nitrogens is 1. The fourth-order valence-corrected chi connectivity index (χ4v) is 0.814. The van der Waals surface area contributed by atoms with Crippen LogP contribution in [0.25, 0.3) is 0 Å². The van der Waals surface area contributed by atoms with Crippen molar-refractivity contribution >= 4 is 23.7 Å². The summed E-state index contributed by atoms with van der Waals surface area (Å²) in [5.74, 6) is -2.43. The van der Waals surface area contributed by atoms with E-state index in [1.807, 2.05) is 5.32 Å². The maximum atomic E-state index is 13.0. The Hall–Kier alpha value is -2.71. The van der Waals surface area contributed by atoms with Gasteiger partial charge in [-0.3, -0.25) is 15.5 Å². The van der Waals surface area contributed by atoms with Crippen molar-refractivity contribution in [1.82, 2.24) is 4.98 Å². The summed E-state index contributed by atoms with van der Waals surface area (Å²) in [6.45, 7) is 1.08. The quantitative estimate of drug-likeness (QED) is 0.299. The van der Waals surface area contributed by atoms with Gasteiger partial charge in [0.1, 0.15) is 11.7 Å². The largest absolute Gasteiger partial charge is 0.481 e. The first-order valence-electron chi connectivity index (χ1n) is 4.44. The molecular formula is C9H11FN4O4. The lowest BCUT2D eigenvalue weighted by molar-refractivity contribution is -0.134. The van der Waals surface area contributed by atoms with Gasteiger partial charge in [0.2, 0.25) is 5.95 Å². The van der Waals surface area contributed by atoms with Crippen LogP contribution in [0.15, 0.2) is 12.1 Å². The van der Waals surface area contributed by atoms with Crippen molar-refractivity contribution in [3.63, 3.8) is 0 Å². The molecule has 0 saturated heterocycles. The SMILES string of the molecule is CC(=O)O.N=C(N)c1ccc(NC(=O)O)nc1F. The molecule has 0 aliphatic rings. The number of anilines is 1. The van der Waals surface area contributed by atoms with E-state index in [0.29, 0.717) is 0 Å². The van der Waals surface area contributed by atoms with E-state index in [2.05, 4.69) is 4.98 Å². The van der Waals surface area contributed by atoms with Crippen molar-refractivity contribution in [2.45, 2.75) is 6.92 Å². The second-order valence-corrected chi connectivity index (χ2v) is 2.90. The van der Waals surface area contributed by atoms with Crippen LogP contribution in [-0.2, 0) is 4.79 Å². The number of carboxylic acid groups (broad SMARTS) is 2. The number of carbonyl (C=O) groups is 2. The second-order valence-electron chi connectivity index (χ2n) is 2.90. The predicted octanol–water partition coefficient (Wildman–Crippen LogP) is 0.686. The van der Waals surface area contributed by atoms with E-state index in [1.54, 1.807) is 0 Å². The number of amidine groups is 1. The zero-order chi connectivity index (χ0) is 14.3. The lowest BCUT2D eigenvalue weighted by atomic mass is 10.2. The Balaban J connectivity index is 0.000000631. The topological polar surface area (TPSA) is 149 Å². The molecule has 0 atom stereocenters. The van der Waals surface area contributed by atoms with Gasteiger partial charge in [-0.2, -0.15) is 4.39 Å². The number of nitrogens with zero attached hydrogens (tertiary/aromatic N) is 1. The van der Waals surface area contributed by atoms with E-state index in [4.69, 9.17) is 26.2 Å². The fraction of sp³-hybridized carbons (Fsp3) is 0.111. The van der Waals surface area contributed by atoms with E-state index < -0.39 is 23.8 Å². The number of nitrogen functional groups attached to an aromatic ring is 1. The van der Waals surface area contributed by atoms with Gasteiger partial charge in [0, 0.05) is 6.92 Å². The molecule has 0 aliphatic heterocycles.